The average Bonchev–Trinajstić information content (AvgIpc) is 3.70. The molecule has 51 heavy (non-hydrogen) atoms. The number of hydrogen-bond donors (Lipinski definition) is 1. The van der Waals surface area contributed by atoms with E-state index in [1.807, 2.05) is 6.07 Å². The van der Waals surface area contributed by atoms with Gasteiger partial charge in [-0.25, -0.2) is 4.99 Å². The van der Waals surface area contributed by atoms with Crippen LogP contribution in [0.4, 0.5) is 0 Å². The molecule has 2 aromatic heterocycles. The van der Waals surface area contributed by atoms with Crippen molar-refractivity contribution in [3.8, 4) is 11.4 Å². The second kappa shape index (κ2) is 11.9. The lowest BCUT2D eigenvalue weighted by Crippen LogP contribution is -2.45. The molecule has 0 spiro atoms. The van der Waals surface area contributed by atoms with Crippen molar-refractivity contribution < 1.29 is 0 Å². The maximum atomic E-state index is 5.36. The molecule has 7 aromatic carbocycles. The van der Waals surface area contributed by atoms with Gasteiger partial charge in [0.1, 0.15) is 18.2 Å². The Morgan fingerprint density at radius 1 is 0.451 bits per heavy atom. The number of amidine groups is 1. The molecule has 244 valence electrons. The minimum Gasteiger partial charge on any atom is -0.350 e. The van der Waals surface area contributed by atoms with Crippen molar-refractivity contribution in [1.82, 2.24) is 19.4 Å². The van der Waals surface area contributed by atoms with Crippen LogP contribution in [0.2, 0.25) is 0 Å². The Balaban J connectivity index is 1.19. The Morgan fingerprint density at radius 2 is 0.980 bits per heavy atom. The Bertz CT molecular complexity index is 2740. The third-order valence-corrected chi connectivity index (χ3v) is 10.4. The van der Waals surface area contributed by atoms with E-state index in [-0.39, 0.29) is 12.3 Å². The fraction of sp³-hybridized carbons (Fsp3) is 0.0652. The van der Waals surface area contributed by atoms with Crippen LogP contribution in [0.5, 0.6) is 0 Å². The number of hydrogen-bond acceptors (Lipinski definition) is 3. The van der Waals surface area contributed by atoms with Crippen LogP contribution in [0.3, 0.4) is 0 Å². The summed E-state index contributed by atoms with van der Waals surface area (Å²) in [4.78, 5) is 7.68. The molecule has 5 heteroatoms. The predicted molar refractivity (Wildman–Crippen MR) is 211 cm³/mol. The van der Waals surface area contributed by atoms with Gasteiger partial charge in [0.05, 0.1) is 22.1 Å². The number of nitrogens with zero attached hydrogens (tertiary/aromatic N) is 4. The van der Waals surface area contributed by atoms with Gasteiger partial charge in [-0.2, -0.15) is 0 Å². The molecule has 1 aliphatic rings. The van der Waals surface area contributed by atoms with E-state index in [2.05, 4.69) is 196 Å². The summed E-state index contributed by atoms with van der Waals surface area (Å²) in [5, 5.41) is 8.73. The first-order valence-corrected chi connectivity index (χ1v) is 17.5. The number of aromatic nitrogens is 2. The van der Waals surface area contributed by atoms with Crippen molar-refractivity contribution in [3.05, 3.63) is 193 Å². The zero-order chi connectivity index (χ0) is 33.9. The van der Waals surface area contributed by atoms with Crippen LogP contribution in [0, 0.1) is 0 Å². The van der Waals surface area contributed by atoms with E-state index in [4.69, 9.17) is 4.99 Å². The Hall–Kier alpha value is -6.43. The van der Waals surface area contributed by atoms with Gasteiger partial charge in [0.2, 0.25) is 0 Å². The summed E-state index contributed by atoms with van der Waals surface area (Å²) in [5.41, 5.74) is 10.4. The molecule has 1 N–H and O–H groups in total. The third-order valence-electron chi connectivity index (χ3n) is 10.4. The van der Waals surface area contributed by atoms with E-state index < -0.39 is 0 Å². The summed E-state index contributed by atoms with van der Waals surface area (Å²) >= 11 is 0. The molecule has 0 saturated heterocycles. The van der Waals surface area contributed by atoms with E-state index in [1.165, 1.54) is 49.2 Å². The first-order chi connectivity index (χ1) is 25.2. The third kappa shape index (κ3) is 4.78. The van der Waals surface area contributed by atoms with Gasteiger partial charge < -0.3 is 14.5 Å². The smallest absolute Gasteiger partial charge is 0.132 e. The summed E-state index contributed by atoms with van der Waals surface area (Å²) in [7, 11) is 2.16. The second-order valence-corrected chi connectivity index (χ2v) is 13.4. The highest BCUT2D eigenvalue weighted by atomic mass is 15.4. The van der Waals surface area contributed by atoms with E-state index in [0.29, 0.717) is 0 Å². The quantitative estimate of drug-likeness (QED) is 0.200. The monoisotopic (exact) mass is 657 g/mol. The lowest BCUT2D eigenvalue weighted by molar-refractivity contribution is 0.152. The molecule has 0 radical (unpaired) electrons. The molecule has 0 amide bonds. The zero-order valence-electron chi connectivity index (χ0n) is 28.2. The zero-order valence-corrected chi connectivity index (χ0v) is 28.2. The summed E-state index contributed by atoms with van der Waals surface area (Å²) in [6.45, 7) is 0. The highest BCUT2D eigenvalue weighted by Gasteiger charge is 2.31. The van der Waals surface area contributed by atoms with Gasteiger partial charge in [-0.3, -0.25) is 4.90 Å². The van der Waals surface area contributed by atoms with Gasteiger partial charge in [0.15, 0.2) is 0 Å². The average molecular weight is 658 g/mol. The van der Waals surface area contributed by atoms with Crippen LogP contribution in [0.1, 0.15) is 29.0 Å². The molecule has 2 atom stereocenters. The number of aliphatic imine (C=N–C) groups is 1. The largest absolute Gasteiger partial charge is 0.350 e. The number of benzene rings is 7. The molecule has 0 fully saturated rings. The van der Waals surface area contributed by atoms with Crippen LogP contribution in [-0.2, 0) is 0 Å². The highest BCUT2D eigenvalue weighted by Crippen LogP contribution is 2.40. The van der Waals surface area contributed by atoms with Crippen LogP contribution >= 0.6 is 0 Å². The Morgan fingerprint density at radius 3 is 1.65 bits per heavy atom. The number of rotatable bonds is 5. The fourth-order valence-electron chi connectivity index (χ4n) is 8.03. The molecular weight excluding hydrogens is 623 g/mol. The van der Waals surface area contributed by atoms with Crippen LogP contribution < -0.4 is 5.32 Å². The van der Waals surface area contributed by atoms with Crippen molar-refractivity contribution in [3.63, 3.8) is 0 Å². The van der Waals surface area contributed by atoms with Crippen LogP contribution in [-0.4, -0.2) is 26.9 Å². The molecule has 9 aromatic rings. The first kappa shape index (κ1) is 29.5. The molecule has 0 bridgehead atoms. The van der Waals surface area contributed by atoms with Crippen LogP contribution in [0.25, 0.3) is 55.0 Å². The van der Waals surface area contributed by atoms with Gasteiger partial charge in [-0.15, -0.1) is 0 Å². The summed E-state index contributed by atoms with van der Waals surface area (Å²) in [6.07, 6.45) is -0.249. The Kier molecular flexibility index (Phi) is 6.86. The minimum absolute atomic E-state index is 0.0472. The molecule has 1 aliphatic heterocycles. The normalized spacial score (nSPS) is 16.5. The van der Waals surface area contributed by atoms with Gasteiger partial charge in [-0.1, -0.05) is 127 Å². The predicted octanol–water partition coefficient (Wildman–Crippen LogP) is 10.6. The lowest BCUT2D eigenvalue weighted by atomic mass is 10.0. The number of nitrogens with one attached hydrogen (secondary N) is 1. The van der Waals surface area contributed by atoms with Crippen LogP contribution in [0.15, 0.2) is 181 Å². The second-order valence-electron chi connectivity index (χ2n) is 13.4. The minimum atomic E-state index is -0.202. The molecule has 0 aliphatic carbocycles. The molecule has 3 heterocycles. The first-order valence-electron chi connectivity index (χ1n) is 17.5. The molecule has 10 rings (SSSR count). The van der Waals surface area contributed by atoms with E-state index >= 15 is 0 Å². The molecular formula is C46H35N5. The highest BCUT2D eigenvalue weighted by molar-refractivity contribution is 6.19. The summed E-state index contributed by atoms with van der Waals surface area (Å²) in [5.74, 6) is 0.894. The SMILES string of the molecule is CN1C(c2cccc(-n3c4ccccc4c4cc5c6ccccc6n(-c6ccccc6)c5cc43)c2)N=C(c2ccccc2)NC1c1ccccc1. The Labute approximate surface area is 296 Å². The number of fused-ring (bicyclic) bond motifs is 6. The maximum Gasteiger partial charge on any atom is 0.132 e. The summed E-state index contributed by atoms with van der Waals surface area (Å²) in [6, 6.07) is 63.0. The fourth-order valence-corrected chi connectivity index (χ4v) is 8.03. The van der Waals surface area contributed by atoms with Gasteiger partial charge in [0, 0.05) is 38.5 Å². The van der Waals surface area contributed by atoms with Crippen molar-refractivity contribution in [2.24, 2.45) is 4.99 Å². The molecule has 0 saturated carbocycles. The van der Waals surface area contributed by atoms with E-state index in [0.717, 1.165) is 28.3 Å². The molecule has 5 nitrogen and oxygen atoms in total. The molecule has 2 unspecified atom stereocenters. The van der Waals surface area contributed by atoms with Crippen molar-refractivity contribution >= 4 is 49.4 Å². The van der Waals surface area contributed by atoms with E-state index in [1.54, 1.807) is 0 Å². The number of para-hydroxylation sites is 3. The van der Waals surface area contributed by atoms with Gasteiger partial charge in [-0.05, 0) is 66.7 Å². The summed E-state index contributed by atoms with van der Waals surface area (Å²) < 4.78 is 4.83. The topological polar surface area (TPSA) is 37.5 Å². The standard InChI is InChI=1S/C46H35N5/c1-49-45(32-18-7-3-8-19-32)47-44(31-16-5-2-6-17-31)48-46(49)33-20-15-23-35(28-33)51-41-27-14-12-25-37(41)39-29-38-36-24-11-13-26-40(36)50(42(38)30-43(39)51)34-21-9-4-10-22-34/h2-30,45-46H,1H3,(H,47,48). The van der Waals surface area contributed by atoms with Crippen molar-refractivity contribution in [2.75, 3.05) is 7.05 Å². The van der Waals surface area contributed by atoms with E-state index in [9.17, 15) is 0 Å². The lowest BCUT2D eigenvalue weighted by Gasteiger charge is -2.39. The van der Waals surface area contributed by atoms with Gasteiger partial charge in [0.25, 0.3) is 0 Å². The van der Waals surface area contributed by atoms with Gasteiger partial charge >= 0.3 is 0 Å². The van der Waals surface area contributed by atoms with Crippen molar-refractivity contribution in [2.45, 2.75) is 12.3 Å². The maximum absolute atomic E-state index is 5.36. The van der Waals surface area contributed by atoms with Crippen molar-refractivity contribution in [1.29, 1.82) is 0 Å².